The average Bonchev–Trinajstić information content (AvgIpc) is 3.04. The Morgan fingerprint density at radius 3 is 1.88 bits per heavy atom. The van der Waals surface area contributed by atoms with Gasteiger partial charge in [-0.15, -0.1) is 11.5 Å². The zero-order valence-corrected chi connectivity index (χ0v) is 19.0. The molecule has 0 N–H and O–H groups in total. The molecular weight excluding hydrogens is 624 g/mol. The predicted molar refractivity (Wildman–Crippen MR) is 120 cm³/mol. The summed E-state index contributed by atoms with van der Waals surface area (Å²) in [5, 5.41) is 5.48. The molecular formula is C22H14I2Pd. The van der Waals surface area contributed by atoms with Gasteiger partial charge in [0.25, 0.3) is 0 Å². The van der Waals surface area contributed by atoms with Gasteiger partial charge in [-0.1, -0.05) is 65.5 Å². The van der Waals surface area contributed by atoms with Crippen LogP contribution in [0.3, 0.4) is 0 Å². The molecule has 0 aromatic heterocycles. The number of hydrogen-bond acceptors (Lipinski definition) is 0. The summed E-state index contributed by atoms with van der Waals surface area (Å²) in [6, 6.07) is 26.5. The van der Waals surface area contributed by atoms with Crippen LogP contribution in [0, 0.1) is 9.99 Å². The number of rotatable bonds is 1. The minimum absolute atomic E-state index is 0.343. The molecule has 0 unspecified atom stereocenters. The van der Waals surface area contributed by atoms with Gasteiger partial charge in [0, 0.05) is 3.57 Å². The van der Waals surface area contributed by atoms with Crippen molar-refractivity contribution >= 4 is 63.7 Å². The van der Waals surface area contributed by atoms with Gasteiger partial charge >= 0.3 is 35.1 Å². The Balaban J connectivity index is 0.000000758. The molecule has 25 heavy (non-hydrogen) atoms. The minimum atomic E-state index is 0.343. The van der Waals surface area contributed by atoms with Crippen LogP contribution >= 0.6 is 42.1 Å². The number of hydrogen-bond donors (Lipinski definition) is 0. The van der Waals surface area contributed by atoms with Crippen LogP contribution in [0.2, 0.25) is 0 Å². The molecule has 1 aliphatic carbocycles. The first-order valence-electron chi connectivity index (χ1n) is 7.98. The molecule has 3 heteroatoms. The fourth-order valence-corrected chi connectivity index (χ4v) is 4.74. The zero-order chi connectivity index (χ0) is 17.4. The van der Waals surface area contributed by atoms with Gasteiger partial charge in [0.2, 0.25) is 0 Å². The van der Waals surface area contributed by atoms with Gasteiger partial charge < -0.3 is 0 Å². The van der Waals surface area contributed by atoms with Crippen LogP contribution in [0.15, 0.2) is 72.8 Å². The molecule has 0 aliphatic heterocycles. The summed E-state index contributed by atoms with van der Waals surface area (Å²) < 4.78 is 1.33. The van der Waals surface area contributed by atoms with E-state index in [0.717, 1.165) is 0 Å². The van der Waals surface area contributed by atoms with Crippen LogP contribution in [0.25, 0.3) is 21.5 Å². The second-order valence-electron chi connectivity index (χ2n) is 6.12. The van der Waals surface area contributed by atoms with E-state index in [2.05, 4.69) is 117 Å². The molecule has 1 aliphatic rings. The van der Waals surface area contributed by atoms with E-state index in [0.29, 0.717) is 5.92 Å². The van der Waals surface area contributed by atoms with Gasteiger partial charge in [-0.3, -0.25) is 0 Å². The second kappa shape index (κ2) is 7.56. The monoisotopic (exact) mass is 638 g/mol. The molecule has 4 aromatic rings. The fourth-order valence-electron chi connectivity index (χ4n) is 3.91. The Hall–Kier alpha value is -0.608. The molecule has 1 atom stereocenters. The molecule has 5 rings (SSSR count). The van der Waals surface area contributed by atoms with Crippen molar-refractivity contribution in [1.29, 1.82) is 0 Å². The van der Waals surface area contributed by atoms with Crippen molar-refractivity contribution in [3.05, 3.63) is 99.5 Å². The van der Waals surface area contributed by atoms with Gasteiger partial charge in [-0.25, -0.2) is 0 Å². The van der Waals surface area contributed by atoms with Gasteiger partial charge in [0.15, 0.2) is 0 Å². The van der Waals surface area contributed by atoms with Crippen LogP contribution in [0.5, 0.6) is 0 Å². The van der Waals surface area contributed by atoms with E-state index in [1.165, 1.54) is 41.8 Å². The zero-order valence-electron chi connectivity index (χ0n) is 13.2. The normalized spacial score (nSPS) is 15.0. The molecule has 0 saturated carbocycles. The molecule has 126 valence electrons. The number of benzene rings is 4. The fraction of sp³-hybridized carbons (Fsp3) is 0.0455. The Morgan fingerprint density at radius 1 is 0.680 bits per heavy atom. The second-order valence-corrected chi connectivity index (χ2v) is 7.28. The Bertz CT molecular complexity index is 1060. The van der Waals surface area contributed by atoms with Crippen molar-refractivity contribution < 1.29 is 15.6 Å². The van der Waals surface area contributed by atoms with E-state index in [-0.39, 0.29) is 0 Å². The SMILES string of the molecule is Ic1cccc2cccc([C@H]3[CH-]c4cccc5cccc3c45)c12.[Pd+][I]. The van der Waals surface area contributed by atoms with Crippen molar-refractivity contribution in [2.24, 2.45) is 0 Å². The molecule has 0 amide bonds. The molecule has 0 radical (unpaired) electrons. The first kappa shape index (κ1) is 17.8. The molecule has 0 fully saturated rings. The van der Waals surface area contributed by atoms with Crippen LogP contribution in [0.4, 0.5) is 0 Å². The van der Waals surface area contributed by atoms with Crippen LogP contribution in [-0.2, 0) is 15.6 Å². The topological polar surface area (TPSA) is 0 Å². The van der Waals surface area contributed by atoms with E-state index in [1.54, 1.807) is 0 Å². The third-order valence-electron chi connectivity index (χ3n) is 4.87. The first-order valence-corrected chi connectivity index (χ1v) is 13.7. The Labute approximate surface area is 182 Å². The van der Waals surface area contributed by atoms with Crippen molar-refractivity contribution in [3.63, 3.8) is 0 Å². The summed E-state index contributed by atoms with van der Waals surface area (Å²) in [6.07, 6.45) is 2.43. The molecule has 0 saturated heterocycles. The summed E-state index contributed by atoms with van der Waals surface area (Å²) >= 11 is 7.18. The van der Waals surface area contributed by atoms with E-state index in [9.17, 15) is 0 Å². The third kappa shape index (κ3) is 3.03. The summed E-state index contributed by atoms with van der Waals surface area (Å²) in [6.45, 7) is 0. The van der Waals surface area contributed by atoms with Crippen molar-refractivity contribution in [3.8, 4) is 0 Å². The van der Waals surface area contributed by atoms with Gasteiger partial charge in [0.1, 0.15) is 0 Å². The van der Waals surface area contributed by atoms with E-state index in [4.69, 9.17) is 0 Å². The summed E-state index contributed by atoms with van der Waals surface area (Å²) in [4.78, 5) is 0. The average molecular weight is 639 g/mol. The van der Waals surface area contributed by atoms with Gasteiger partial charge in [-0.05, 0) is 50.9 Å². The molecule has 0 bridgehead atoms. The van der Waals surface area contributed by atoms with E-state index >= 15 is 0 Å². The summed E-state index contributed by atoms with van der Waals surface area (Å²) in [5.41, 5.74) is 4.22. The molecule has 4 aromatic carbocycles. The Kier molecular flexibility index (Phi) is 5.38. The number of halogens is 2. The first-order chi connectivity index (χ1) is 12.3. The number of fused-ring (bicyclic) bond motifs is 1. The maximum atomic E-state index is 2.72. The van der Waals surface area contributed by atoms with Crippen molar-refractivity contribution in [2.75, 3.05) is 0 Å². The van der Waals surface area contributed by atoms with E-state index < -0.39 is 0 Å². The van der Waals surface area contributed by atoms with Crippen molar-refractivity contribution in [1.82, 2.24) is 0 Å². The molecule has 0 nitrogen and oxygen atoms in total. The summed E-state index contributed by atoms with van der Waals surface area (Å²) in [7, 11) is 0. The third-order valence-corrected chi connectivity index (χ3v) is 5.77. The standard InChI is InChI=1S/C22H14I.HI.Pd/c23-20-12-4-8-15-7-3-11-18(22(15)20)19-13-16-9-1-5-14-6-2-10-17(19)21(14)16;;/h1-13,19H;1H;/q-1;;+2/p-1/t19-;;/m0../s1. The molecule has 0 spiro atoms. The quantitative estimate of drug-likeness (QED) is 0.118. The summed E-state index contributed by atoms with van der Waals surface area (Å²) in [5.74, 6) is 0.343. The Morgan fingerprint density at radius 2 is 1.20 bits per heavy atom. The predicted octanol–water partition coefficient (Wildman–Crippen LogP) is 7.18. The van der Waals surface area contributed by atoms with Crippen molar-refractivity contribution in [2.45, 2.75) is 5.92 Å². The van der Waals surface area contributed by atoms with Gasteiger partial charge in [-0.2, -0.15) is 18.1 Å². The molecule has 0 heterocycles. The maximum absolute atomic E-state index is 2.72. The van der Waals surface area contributed by atoms with Crippen LogP contribution in [0.1, 0.15) is 22.6 Å². The van der Waals surface area contributed by atoms with Crippen LogP contribution in [-0.4, -0.2) is 0 Å². The van der Waals surface area contributed by atoms with Crippen LogP contribution < -0.4 is 0 Å². The van der Waals surface area contributed by atoms with Gasteiger partial charge in [0.05, 0.1) is 0 Å². The van der Waals surface area contributed by atoms with E-state index in [1.807, 2.05) is 19.5 Å².